The fourth-order valence-electron chi connectivity index (χ4n) is 2.61. The summed E-state index contributed by atoms with van der Waals surface area (Å²) in [6.07, 6.45) is 4.02. The van der Waals surface area contributed by atoms with E-state index in [0.29, 0.717) is 6.04 Å². The van der Waals surface area contributed by atoms with Gasteiger partial charge in [-0.2, -0.15) is 23.1 Å². The number of nitrogens with one attached hydrogen (secondary N) is 1. The Labute approximate surface area is 123 Å². The van der Waals surface area contributed by atoms with Crippen LogP contribution in [0.4, 0.5) is 0 Å². The van der Waals surface area contributed by atoms with E-state index in [1.807, 2.05) is 11.8 Å². The van der Waals surface area contributed by atoms with Gasteiger partial charge in [0.15, 0.2) is 0 Å². The van der Waals surface area contributed by atoms with Crippen LogP contribution in [-0.2, 0) is 4.79 Å². The molecule has 1 aliphatic heterocycles. The number of carbonyl (C=O) groups is 1. The Morgan fingerprint density at radius 2 is 2.32 bits per heavy atom. The van der Waals surface area contributed by atoms with Crippen LogP contribution in [0.5, 0.6) is 0 Å². The SMILES string of the molecule is CCC1NC(c2ccsc2)N(C(CC)CSC)C1=O. The van der Waals surface area contributed by atoms with E-state index in [1.54, 1.807) is 11.3 Å². The Morgan fingerprint density at radius 1 is 1.53 bits per heavy atom. The summed E-state index contributed by atoms with van der Waals surface area (Å²) in [5, 5.41) is 7.71. The zero-order valence-electron chi connectivity index (χ0n) is 11.8. The van der Waals surface area contributed by atoms with E-state index in [1.165, 1.54) is 5.56 Å². The van der Waals surface area contributed by atoms with Crippen LogP contribution in [0.25, 0.3) is 0 Å². The molecule has 1 aromatic heterocycles. The van der Waals surface area contributed by atoms with Crippen molar-refractivity contribution in [2.45, 2.75) is 44.9 Å². The predicted octanol–water partition coefficient (Wildman–Crippen LogP) is 3.10. The van der Waals surface area contributed by atoms with Gasteiger partial charge >= 0.3 is 0 Å². The topological polar surface area (TPSA) is 32.3 Å². The number of hydrogen-bond acceptors (Lipinski definition) is 4. The highest BCUT2D eigenvalue weighted by molar-refractivity contribution is 7.98. The van der Waals surface area contributed by atoms with E-state index in [9.17, 15) is 4.79 Å². The zero-order valence-corrected chi connectivity index (χ0v) is 13.4. The summed E-state index contributed by atoms with van der Waals surface area (Å²) >= 11 is 3.50. The first-order valence-corrected chi connectivity index (χ1v) is 9.15. The zero-order chi connectivity index (χ0) is 13.8. The molecule has 0 bridgehead atoms. The van der Waals surface area contributed by atoms with E-state index in [-0.39, 0.29) is 18.1 Å². The van der Waals surface area contributed by atoms with Crippen molar-refractivity contribution < 1.29 is 4.79 Å². The first-order chi connectivity index (χ1) is 9.22. The van der Waals surface area contributed by atoms with Crippen LogP contribution in [-0.4, -0.2) is 34.9 Å². The highest BCUT2D eigenvalue weighted by Crippen LogP contribution is 2.31. The average molecular weight is 298 g/mol. The Balaban J connectivity index is 2.26. The Hall–Kier alpha value is -0.520. The van der Waals surface area contributed by atoms with Crippen LogP contribution < -0.4 is 5.32 Å². The molecular weight excluding hydrogens is 276 g/mol. The van der Waals surface area contributed by atoms with Crippen molar-refractivity contribution in [3.05, 3.63) is 22.4 Å². The van der Waals surface area contributed by atoms with Crippen molar-refractivity contribution in [3.63, 3.8) is 0 Å². The fraction of sp³-hybridized carbons (Fsp3) is 0.643. The maximum atomic E-state index is 12.6. The molecule has 3 atom stereocenters. The molecule has 2 rings (SSSR count). The largest absolute Gasteiger partial charge is 0.318 e. The quantitative estimate of drug-likeness (QED) is 0.876. The van der Waals surface area contributed by atoms with Gasteiger partial charge in [0.25, 0.3) is 0 Å². The van der Waals surface area contributed by atoms with Crippen LogP contribution in [0.1, 0.15) is 38.4 Å². The first kappa shape index (κ1) is 14.9. The van der Waals surface area contributed by atoms with Gasteiger partial charge in [0, 0.05) is 11.8 Å². The van der Waals surface area contributed by atoms with Gasteiger partial charge in [0.05, 0.1) is 6.04 Å². The molecule has 5 heteroatoms. The van der Waals surface area contributed by atoms with Crippen molar-refractivity contribution in [3.8, 4) is 0 Å². The number of thiophene rings is 1. The molecule has 0 aromatic carbocycles. The lowest BCUT2D eigenvalue weighted by atomic mass is 10.1. The van der Waals surface area contributed by atoms with Gasteiger partial charge in [-0.15, -0.1) is 0 Å². The summed E-state index contributed by atoms with van der Waals surface area (Å²) in [6, 6.07) is 2.41. The van der Waals surface area contributed by atoms with Gasteiger partial charge in [-0.05, 0) is 41.5 Å². The molecule has 2 heterocycles. The van der Waals surface area contributed by atoms with E-state index in [0.717, 1.165) is 18.6 Å². The van der Waals surface area contributed by atoms with Gasteiger partial charge in [-0.1, -0.05) is 13.8 Å². The second-order valence-electron chi connectivity index (χ2n) is 4.85. The minimum absolute atomic E-state index is 0.0270. The van der Waals surface area contributed by atoms with Crippen LogP contribution in [0, 0.1) is 0 Å². The Bertz CT molecular complexity index is 408. The molecule has 1 N–H and O–H groups in total. The third-order valence-electron chi connectivity index (χ3n) is 3.68. The maximum Gasteiger partial charge on any atom is 0.241 e. The lowest BCUT2D eigenvalue weighted by molar-refractivity contribution is -0.132. The number of hydrogen-bond donors (Lipinski definition) is 1. The monoisotopic (exact) mass is 298 g/mol. The molecule has 1 amide bonds. The molecule has 1 aliphatic rings. The summed E-state index contributed by atoms with van der Waals surface area (Å²) in [5.74, 6) is 1.26. The first-order valence-electron chi connectivity index (χ1n) is 6.82. The standard InChI is InChI=1S/C14H22N2OS2/c1-4-11(9-18-3)16-13(10-6-7-19-8-10)15-12(5-2)14(16)17/h6-8,11-13,15H,4-5,9H2,1-3H3. The number of amides is 1. The summed E-state index contributed by atoms with van der Waals surface area (Å²) in [5.41, 5.74) is 1.22. The Morgan fingerprint density at radius 3 is 2.84 bits per heavy atom. The Kier molecular flexibility index (Phi) is 5.30. The summed E-state index contributed by atoms with van der Waals surface area (Å²) in [7, 11) is 0. The highest BCUT2D eigenvalue weighted by Gasteiger charge is 2.41. The van der Waals surface area contributed by atoms with Crippen molar-refractivity contribution in [2.75, 3.05) is 12.0 Å². The summed E-state index contributed by atoms with van der Waals surface area (Å²) in [4.78, 5) is 14.7. The molecule has 3 nitrogen and oxygen atoms in total. The van der Waals surface area contributed by atoms with Gasteiger partial charge < -0.3 is 4.90 Å². The van der Waals surface area contributed by atoms with E-state index >= 15 is 0 Å². The molecule has 3 unspecified atom stereocenters. The average Bonchev–Trinajstić information content (AvgIpc) is 3.04. The third kappa shape index (κ3) is 2.98. The maximum absolute atomic E-state index is 12.6. The molecule has 19 heavy (non-hydrogen) atoms. The van der Waals surface area contributed by atoms with E-state index < -0.39 is 0 Å². The molecule has 1 saturated heterocycles. The van der Waals surface area contributed by atoms with E-state index in [4.69, 9.17) is 0 Å². The van der Waals surface area contributed by atoms with Crippen molar-refractivity contribution >= 4 is 29.0 Å². The highest BCUT2D eigenvalue weighted by atomic mass is 32.2. The van der Waals surface area contributed by atoms with Gasteiger partial charge in [-0.3, -0.25) is 10.1 Å². The summed E-state index contributed by atoms with van der Waals surface area (Å²) in [6.45, 7) is 4.23. The van der Waals surface area contributed by atoms with Gasteiger partial charge in [-0.25, -0.2) is 0 Å². The molecule has 0 radical (unpaired) electrons. The smallest absolute Gasteiger partial charge is 0.241 e. The minimum atomic E-state index is -0.0270. The van der Waals surface area contributed by atoms with Crippen molar-refractivity contribution in [1.29, 1.82) is 0 Å². The van der Waals surface area contributed by atoms with Crippen LogP contribution in [0.15, 0.2) is 16.8 Å². The van der Waals surface area contributed by atoms with Gasteiger partial charge in [0.1, 0.15) is 6.17 Å². The molecule has 0 aliphatic carbocycles. The minimum Gasteiger partial charge on any atom is -0.318 e. The number of rotatable bonds is 6. The lowest BCUT2D eigenvalue weighted by Crippen LogP contribution is -2.41. The van der Waals surface area contributed by atoms with Crippen molar-refractivity contribution in [1.82, 2.24) is 10.2 Å². The van der Waals surface area contributed by atoms with Crippen LogP contribution >= 0.6 is 23.1 Å². The van der Waals surface area contributed by atoms with Gasteiger partial charge in [0.2, 0.25) is 5.91 Å². The van der Waals surface area contributed by atoms with E-state index in [2.05, 4.69) is 47.1 Å². The second kappa shape index (κ2) is 6.77. The number of nitrogens with zero attached hydrogens (tertiary/aromatic N) is 1. The fourth-order valence-corrected chi connectivity index (χ4v) is 4.07. The normalized spacial score (nSPS) is 25.0. The second-order valence-corrected chi connectivity index (χ2v) is 6.54. The molecule has 1 aromatic rings. The lowest BCUT2D eigenvalue weighted by Gasteiger charge is -2.31. The number of carbonyl (C=O) groups excluding carboxylic acids is 1. The molecular formula is C14H22N2OS2. The van der Waals surface area contributed by atoms with Crippen LogP contribution in [0.2, 0.25) is 0 Å². The molecule has 0 saturated carbocycles. The molecule has 1 fully saturated rings. The molecule has 0 spiro atoms. The van der Waals surface area contributed by atoms with Crippen LogP contribution in [0.3, 0.4) is 0 Å². The van der Waals surface area contributed by atoms with Crippen molar-refractivity contribution in [2.24, 2.45) is 0 Å². The third-order valence-corrected chi connectivity index (χ3v) is 5.10. The number of thioether (sulfide) groups is 1. The predicted molar refractivity (Wildman–Crippen MR) is 83.6 cm³/mol. The summed E-state index contributed by atoms with van der Waals surface area (Å²) < 4.78 is 0. The molecule has 106 valence electrons.